The van der Waals surface area contributed by atoms with E-state index in [9.17, 15) is 35.8 Å². The monoisotopic (exact) mass is 777 g/mol. The van der Waals surface area contributed by atoms with Gasteiger partial charge in [-0.15, -0.1) is 0 Å². The predicted octanol–water partition coefficient (Wildman–Crippen LogP) is 5.72. The first-order valence-electron chi connectivity index (χ1n) is 17.1. The number of amides is 1. The van der Waals surface area contributed by atoms with E-state index in [2.05, 4.69) is 54.2 Å². The van der Waals surface area contributed by atoms with Crippen molar-refractivity contribution in [3.8, 4) is 11.5 Å². The van der Waals surface area contributed by atoms with Crippen molar-refractivity contribution in [2.45, 2.75) is 102 Å². The molecule has 0 bridgehead atoms. The second-order valence-corrected chi connectivity index (χ2v) is 16.4. The third-order valence-electron chi connectivity index (χ3n) is 9.15. The van der Waals surface area contributed by atoms with Gasteiger partial charge in [0.05, 0.1) is 16.3 Å². The molecule has 2 rings (SSSR count). The van der Waals surface area contributed by atoms with Gasteiger partial charge >= 0.3 is 0 Å². The number of carbonyl (C=O) groups is 1. The SMILES string of the molecule is CCc1cc(S(=O)(=O)O)cc(Cc2cc(S(=O)(=O)O)cc(C)c2O)c1OCCNC(=O)CCCCC(C(C)CCCNS)C(C)CCCNS. The van der Waals surface area contributed by atoms with Gasteiger partial charge in [0.1, 0.15) is 18.1 Å². The van der Waals surface area contributed by atoms with E-state index in [-0.39, 0.29) is 58.6 Å². The van der Waals surface area contributed by atoms with Gasteiger partial charge in [0, 0.05) is 37.1 Å². The number of carbonyl (C=O) groups excluding carboxylic acids is 1. The molecule has 2 atom stereocenters. The van der Waals surface area contributed by atoms with Crippen molar-refractivity contribution >= 4 is 51.8 Å². The van der Waals surface area contributed by atoms with Crippen molar-refractivity contribution in [2.75, 3.05) is 26.2 Å². The van der Waals surface area contributed by atoms with E-state index in [1.807, 2.05) is 0 Å². The van der Waals surface area contributed by atoms with Crippen LogP contribution in [0.3, 0.4) is 0 Å². The van der Waals surface area contributed by atoms with E-state index in [0.29, 0.717) is 36.2 Å². The molecular weight excluding hydrogens is 723 g/mol. The van der Waals surface area contributed by atoms with Gasteiger partial charge in [-0.1, -0.05) is 52.8 Å². The van der Waals surface area contributed by atoms with E-state index in [0.717, 1.165) is 70.2 Å². The van der Waals surface area contributed by atoms with Crippen molar-refractivity contribution in [3.05, 3.63) is 46.5 Å². The summed E-state index contributed by atoms with van der Waals surface area (Å²) in [7, 11) is -9.21. The number of hydrogen-bond acceptors (Lipinski definition) is 11. The Morgan fingerprint density at radius 3 is 1.88 bits per heavy atom. The lowest BCUT2D eigenvalue weighted by molar-refractivity contribution is -0.121. The number of ether oxygens (including phenoxy) is 1. The Morgan fingerprint density at radius 1 is 0.800 bits per heavy atom. The Kier molecular flexibility index (Phi) is 18.9. The molecule has 50 heavy (non-hydrogen) atoms. The fourth-order valence-corrected chi connectivity index (χ4v) is 7.93. The third-order valence-corrected chi connectivity index (χ3v) is 11.3. The van der Waals surface area contributed by atoms with Gasteiger partial charge in [0.2, 0.25) is 5.91 Å². The standard InChI is InChI=1S/C34H55N3O9S4/c1-5-26-20-30(50(43,44)45)22-28(19-27-21-29(49(40,41)42)18-25(4)33(27)39)34(26)46-17-16-35-32(38)13-7-6-12-31(23(2)10-8-14-36-47)24(3)11-9-15-37-48/h18,20-24,31,36-37,39,47-48H,5-17,19H2,1-4H3,(H,35,38)(H,40,41,42)(H,43,44,45). The smallest absolute Gasteiger partial charge is 0.294 e. The molecule has 12 nitrogen and oxygen atoms in total. The second-order valence-electron chi connectivity index (χ2n) is 13.0. The zero-order chi connectivity index (χ0) is 37.5. The normalized spacial score (nSPS) is 13.9. The van der Waals surface area contributed by atoms with Crippen molar-refractivity contribution < 1.29 is 40.6 Å². The number of rotatable bonds is 24. The molecule has 0 spiro atoms. The Morgan fingerprint density at radius 2 is 1.34 bits per heavy atom. The quantitative estimate of drug-likeness (QED) is 0.0370. The average Bonchev–Trinajstić information content (AvgIpc) is 3.04. The highest BCUT2D eigenvalue weighted by molar-refractivity contribution is 7.86. The molecule has 16 heteroatoms. The summed E-state index contributed by atoms with van der Waals surface area (Å²) in [5.41, 5.74) is 0.989. The van der Waals surface area contributed by atoms with Crippen LogP contribution in [0.4, 0.5) is 0 Å². The van der Waals surface area contributed by atoms with E-state index < -0.39 is 25.1 Å². The molecule has 0 aliphatic carbocycles. The predicted molar refractivity (Wildman–Crippen MR) is 202 cm³/mol. The van der Waals surface area contributed by atoms with Gasteiger partial charge < -0.3 is 15.2 Å². The molecule has 0 aliphatic rings. The molecule has 0 radical (unpaired) electrons. The summed E-state index contributed by atoms with van der Waals surface area (Å²) in [6, 6.07) is 4.70. The molecule has 2 aromatic rings. The highest BCUT2D eigenvalue weighted by atomic mass is 32.2. The highest BCUT2D eigenvalue weighted by Gasteiger charge is 2.24. The molecular formula is C34H55N3O9S4. The van der Waals surface area contributed by atoms with Crippen LogP contribution in [-0.2, 0) is 37.9 Å². The Bertz CT molecular complexity index is 1590. The third kappa shape index (κ3) is 14.5. The topological polar surface area (TPSA) is 191 Å². The molecule has 0 aliphatic heterocycles. The number of unbranched alkanes of at least 4 members (excludes halogenated alkanes) is 1. The fraction of sp³-hybridized carbons (Fsp3) is 0.618. The number of thiol groups is 2. The maximum atomic E-state index is 12.7. The molecule has 1 amide bonds. The average molecular weight is 778 g/mol. The number of hydrogen-bond donors (Lipinski definition) is 8. The van der Waals surface area contributed by atoms with Crippen molar-refractivity contribution in [2.24, 2.45) is 17.8 Å². The van der Waals surface area contributed by atoms with Crippen LogP contribution in [0.2, 0.25) is 0 Å². The zero-order valence-corrected chi connectivity index (χ0v) is 32.9. The number of aryl methyl sites for hydroxylation is 2. The van der Waals surface area contributed by atoms with Crippen LogP contribution in [0.5, 0.6) is 11.5 Å². The Hall–Kier alpha value is -2.05. The summed E-state index contributed by atoms with van der Waals surface area (Å²) in [4.78, 5) is 11.9. The van der Waals surface area contributed by atoms with Crippen LogP contribution in [0, 0.1) is 24.7 Å². The minimum absolute atomic E-state index is 0.0480. The Balaban J connectivity index is 2.07. The number of benzene rings is 2. The van der Waals surface area contributed by atoms with Crippen molar-refractivity contribution in [1.82, 2.24) is 14.8 Å². The lowest BCUT2D eigenvalue weighted by Crippen LogP contribution is -2.28. The number of phenols is 1. The summed E-state index contributed by atoms with van der Waals surface area (Å²) in [6.07, 6.45) is 7.62. The van der Waals surface area contributed by atoms with Gasteiger partial charge in [-0.25, -0.2) is 0 Å². The fourth-order valence-electron chi connectivity index (χ4n) is 6.42. The van der Waals surface area contributed by atoms with Gasteiger partial charge in [0.25, 0.3) is 20.2 Å². The first-order valence-corrected chi connectivity index (χ1v) is 20.9. The molecule has 0 saturated carbocycles. The van der Waals surface area contributed by atoms with Gasteiger partial charge in [-0.3, -0.25) is 23.3 Å². The molecule has 0 fully saturated rings. The minimum atomic E-state index is -4.61. The molecule has 0 saturated heterocycles. The summed E-state index contributed by atoms with van der Waals surface area (Å²) in [6.45, 7) is 9.83. The molecule has 2 aromatic carbocycles. The summed E-state index contributed by atoms with van der Waals surface area (Å²) >= 11 is 8.20. The van der Waals surface area contributed by atoms with Gasteiger partial charge in [-0.05, 0) is 105 Å². The van der Waals surface area contributed by atoms with E-state index >= 15 is 0 Å². The van der Waals surface area contributed by atoms with Crippen LogP contribution in [0.1, 0.15) is 94.4 Å². The summed E-state index contributed by atoms with van der Waals surface area (Å²) in [5.74, 6) is 1.62. The highest BCUT2D eigenvalue weighted by Crippen LogP contribution is 2.35. The van der Waals surface area contributed by atoms with E-state index in [4.69, 9.17) is 4.74 Å². The molecule has 6 N–H and O–H groups in total. The number of nitrogens with one attached hydrogen (secondary N) is 3. The van der Waals surface area contributed by atoms with Crippen LogP contribution < -0.4 is 19.5 Å². The van der Waals surface area contributed by atoms with Crippen molar-refractivity contribution in [1.29, 1.82) is 0 Å². The zero-order valence-electron chi connectivity index (χ0n) is 29.4. The maximum absolute atomic E-state index is 12.7. The number of aromatic hydroxyl groups is 1. The summed E-state index contributed by atoms with van der Waals surface area (Å²) in [5, 5.41) is 13.6. The molecule has 0 aromatic heterocycles. The van der Waals surface area contributed by atoms with Gasteiger partial charge in [0.15, 0.2) is 0 Å². The first kappa shape index (κ1) is 44.1. The van der Waals surface area contributed by atoms with E-state index in [1.165, 1.54) is 19.1 Å². The molecule has 284 valence electrons. The largest absolute Gasteiger partial charge is 0.507 e. The van der Waals surface area contributed by atoms with Gasteiger partial charge in [-0.2, -0.15) is 16.8 Å². The lowest BCUT2D eigenvalue weighted by atomic mass is 9.76. The maximum Gasteiger partial charge on any atom is 0.294 e. The van der Waals surface area contributed by atoms with Crippen LogP contribution >= 0.6 is 25.6 Å². The minimum Gasteiger partial charge on any atom is -0.507 e. The van der Waals surface area contributed by atoms with E-state index in [1.54, 1.807) is 6.92 Å². The van der Waals surface area contributed by atoms with Crippen LogP contribution in [-0.4, -0.2) is 63.2 Å². The summed E-state index contributed by atoms with van der Waals surface area (Å²) < 4.78 is 79.1. The van der Waals surface area contributed by atoms with Crippen LogP contribution in [0.25, 0.3) is 0 Å². The molecule has 2 unspecified atom stereocenters. The molecule has 0 heterocycles. The number of phenolic OH excluding ortho intramolecular Hbond substituents is 1. The Labute approximate surface area is 309 Å². The second kappa shape index (κ2) is 21.5. The first-order chi connectivity index (χ1) is 23.5. The van der Waals surface area contributed by atoms with Crippen LogP contribution in [0.15, 0.2) is 34.1 Å². The van der Waals surface area contributed by atoms with Crippen molar-refractivity contribution in [3.63, 3.8) is 0 Å². The lowest BCUT2D eigenvalue weighted by Gasteiger charge is -2.30.